The Hall–Kier alpha value is -0.860. The van der Waals surface area contributed by atoms with Gasteiger partial charge >= 0.3 is 0 Å². The molecule has 0 amide bonds. The Balaban J connectivity index is 1.73. The zero-order chi connectivity index (χ0) is 15.3. The third-order valence-corrected chi connectivity index (χ3v) is 4.57. The van der Waals surface area contributed by atoms with E-state index in [4.69, 9.17) is 0 Å². The van der Waals surface area contributed by atoms with Gasteiger partial charge in [-0.1, -0.05) is 30.3 Å². The maximum absolute atomic E-state index is 3.63. The van der Waals surface area contributed by atoms with Crippen LogP contribution in [0.1, 0.15) is 46.1 Å². The van der Waals surface area contributed by atoms with Crippen LogP contribution in [-0.4, -0.2) is 36.1 Å². The highest BCUT2D eigenvalue weighted by Crippen LogP contribution is 2.22. The van der Waals surface area contributed by atoms with Crippen LogP contribution in [0.4, 0.5) is 0 Å². The first-order valence-electron chi connectivity index (χ1n) is 8.47. The highest BCUT2D eigenvalue weighted by molar-refractivity contribution is 5.15. The quantitative estimate of drug-likeness (QED) is 0.888. The first kappa shape index (κ1) is 16.5. The lowest BCUT2D eigenvalue weighted by Crippen LogP contribution is -2.48. The second-order valence-corrected chi connectivity index (χ2v) is 7.65. The van der Waals surface area contributed by atoms with E-state index in [9.17, 15) is 0 Å². The van der Waals surface area contributed by atoms with Crippen LogP contribution in [0, 0.1) is 5.92 Å². The molecule has 21 heavy (non-hydrogen) atoms. The molecule has 118 valence electrons. The van der Waals surface area contributed by atoms with Crippen LogP contribution in [0.15, 0.2) is 30.3 Å². The summed E-state index contributed by atoms with van der Waals surface area (Å²) in [4.78, 5) is 2.65. The maximum atomic E-state index is 3.63. The van der Waals surface area contributed by atoms with Crippen molar-refractivity contribution in [2.45, 2.75) is 58.5 Å². The molecule has 2 heteroatoms. The van der Waals surface area contributed by atoms with E-state index >= 15 is 0 Å². The molecule has 0 aliphatic carbocycles. The SMILES string of the molecule is CC(CNC(C)(C)C)N1CCC(Cc2ccccc2)CC1. The van der Waals surface area contributed by atoms with Crippen LogP contribution in [0.3, 0.4) is 0 Å². The third kappa shape index (κ3) is 5.80. The molecule has 0 radical (unpaired) electrons. The fourth-order valence-corrected chi connectivity index (χ4v) is 3.13. The van der Waals surface area contributed by atoms with E-state index in [1.807, 2.05) is 0 Å². The van der Waals surface area contributed by atoms with Crippen LogP contribution >= 0.6 is 0 Å². The number of nitrogens with zero attached hydrogens (tertiary/aromatic N) is 1. The normalized spacial score (nSPS) is 19.6. The molecule has 1 heterocycles. The number of hydrogen-bond donors (Lipinski definition) is 1. The Morgan fingerprint density at radius 2 is 1.76 bits per heavy atom. The summed E-state index contributed by atoms with van der Waals surface area (Å²) < 4.78 is 0. The molecule has 1 unspecified atom stereocenters. The molecule has 0 spiro atoms. The summed E-state index contributed by atoms with van der Waals surface area (Å²) in [6, 6.07) is 11.6. The van der Waals surface area contributed by atoms with E-state index < -0.39 is 0 Å². The molecule has 0 bridgehead atoms. The molecular formula is C19H32N2. The Bertz CT molecular complexity index is 399. The Kier molecular flexibility index (Phi) is 5.83. The van der Waals surface area contributed by atoms with E-state index in [1.54, 1.807) is 0 Å². The average Bonchev–Trinajstić information content (AvgIpc) is 2.46. The van der Waals surface area contributed by atoms with Gasteiger partial charge in [-0.2, -0.15) is 0 Å². The topological polar surface area (TPSA) is 15.3 Å². The van der Waals surface area contributed by atoms with Crippen molar-refractivity contribution in [3.63, 3.8) is 0 Å². The highest BCUT2D eigenvalue weighted by Gasteiger charge is 2.23. The van der Waals surface area contributed by atoms with E-state index in [-0.39, 0.29) is 5.54 Å². The zero-order valence-electron chi connectivity index (χ0n) is 14.2. The van der Waals surface area contributed by atoms with Gasteiger partial charge in [-0.25, -0.2) is 0 Å². The predicted molar refractivity (Wildman–Crippen MR) is 91.7 cm³/mol. The Morgan fingerprint density at radius 3 is 2.33 bits per heavy atom. The molecule has 2 rings (SSSR count). The first-order valence-corrected chi connectivity index (χ1v) is 8.47. The standard InChI is InChI=1S/C19H32N2/c1-16(15-20-19(2,3)4)21-12-10-18(11-13-21)14-17-8-6-5-7-9-17/h5-9,16,18,20H,10-15H2,1-4H3. The van der Waals surface area contributed by atoms with E-state index in [2.05, 4.69) is 68.2 Å². The zero-order valence-corrected chi connectivity index (χ0v) is 14.2. The monoisotopic (exact) mass is 288 g/mol. The van der Waals surface area contributed by atoms with Crippen molar-refractivity contribution in [1.82, 2.24) is 10.2 Å². The molecular weight excluding hydrogens is 256 g/mol. The van der Waals surface area contributed by atoms with Crippen molar-refractivity contribution in [3.8, 4) is 0 Å². The summed E-state index contributed by atoms with van der Waals surface area (Å²) in [5, 5.41) is 3.63. The summed E-state index contributed by atoms with van der Waals surface area (Å²) in [7, 11) is 0. The molecule has 1 aromatic carbocycles. The van der Waals surface area contributed by atoms with Crippen molar-refractivity contribution in [2.24, 2.45) is 5.92 Å². The lowest BCUT2D eigenvalue weighted by atomic mass is 9.89. The van der Waals surface area contributed by atoms with Gasteiger partial charge in [-0.3, -0.25) is 4.90 Å². The lowest BCUT2D eigenvalue weighted by molar-refractivity contribution is 0.134. The van der Waals surface area contributed by atoms with Gasteiger partial charge in [0.05, 0.1) is 0 Å². The van der Waals surface area contributed by atoms with Crippen molar-refractivity contribution in [2.75, 3.05) is 19.6 Å². The van der Waals surface area contributed by atoms with Gasteiger partial charge in [-0.05, 0) is 71.5 Å². The van der Waals surface area contributed by atoms with Crippen LogP contribution < -0.4 is 5.32 Å². The average molecular weight is 288 g/mol. The minimum Gasteiger partial charge on any atom is -0.311 e. The smallest absolute Gasteiger partial charge is 0.0192 e. The third-order valence-electron chi connectivity index (χ3n) is 4.57. The van der Waals surface area contributed by atoms with Crippen molar-refractivity contribution in [1.29, 1.82) is 0 Å². The van der Waals surface area contributed by atoms with Crippen LogP contribution in [0.5, 0.6) is 0 Å². The lowest BCUT2D eigenvalue weighted by Gasteiger charge is -2.37. The Labute approximate surface area is 130 Å². The van der Waals surface area contributed by atoms with Gasteiger partial charge in [0.1, 0.15) is 0 Å². The van der Waals surface area contributed by atoms with Crippen LogP contribution in [0.2, 0.25) is 0 Å². The maximum Gasteiger partial charge on any atom is 0.0192 e. The van der Waals surface area contributed by atoms with Crippen LogP contribution in [0.25, 0.3) is 0 Å². The van der Waals surface area contributed by atoms with E-state index in [0.717, 1.165) is 12.5 Å². The van der Waals surface area contributed by atoms with Gasteiger partial charge in [-0.15, -0.1) is 0 Å². The molecule has 0 saturated carbocycles. The molecule has 1 atom stereocenters. The second kappa shape index (κ2) is 7.42. The molecule has 1 saturated heterocycles. The molecule has 1 fully saturated rings. The minimum absolute atomic E-state index is 0.222. The fourth-order valence-electron chi connectivity index (χ4n) is 3.13. The number of nitrogens with one attached hydrogen (secondary N) is 1. The number of piperidine rings is 1. The summed E-state index contributed by atoms with van der Waals surface area (Å²) in [5.74, 6) is 0.867. The van der Waals surface area contributed by atoms with Gasteiger partial charge < -0.3 is 5.32 Å². The molecule has 1 aromatic rings. The fraction of sp³-hybridized carbons (Fsp3) is 0.684. The first-order chi connectivity index (χ1) is 9.94. The van der Waals surface area contributed by atoms with Gasteiger partial charge in [0, 0.05) is 18.1 Å². The summed E-state index contributed by atoms with van der Waals surface area (Å²) in [5.41, 5.74) is 1.72. The number of likely N-dealkylation sites (tertiary alicyclic amines) is 1. The van der Waals surface area contributed by atoms with Crippen molar-refractivity contribution >= 4 is 0 Å². The Morgan fingerprint density at radius 1 is 1.14 bits per heavy atom. The van der Waals surface area contributed by atoms with Crippen molar-refractivity contribution in [3.05, 3.63) is 35.9 Å². The molecule has 1 aliphatic rings. The summed E-state index contributed by atoms with van der Waals surface area (Å²) in [6.45, 7) is 12.7. The number of benzene rings is 1. The molecule has 0 aromatic heterocycles. The molecule has 1 N–H and O–H groups in total. The van der Waals surface area contributed by atoms with Gasteiger partial charge in [0.15, 0.2) is 0 Å². The van der Waals surface area contributed by atoms with Crippen LogP contribution in [-0.2, 0) is 6.42 Å². The predicted octanol–water partition coefficient (Wildman–Crippen LogP) is 3.72. The second-order valence-electron chi connectivity index (χ2n) is 7.65. The van der Waals surface area contributed by atoms with E-state index in [0.29, 0.717) is 6.04 Å². The number of hydrogen-bond acceptors (Lipinski definition) is 2. The van der Waals surface area contributed by atoms with Gasteiger partial charge in [0.2, 0.25) is 0 Å². The number of rotatable bonds is 5. The van der Waals surface area contributed by atoms with E-state index in [1.165, 1.54) is 37.9 Å². The highest BCUT2D eigenvalue weighted by atomic mass is 15.2. The molecule has 2 nitrogen and oxygen atoms in total. The minimum atomic E-state index is 0.222. The summed E-state index contributed by atoms with van der Waals surface area (Å²) >= 11 is 0. The largest absolute Gasteiger partial charge is 0.311 e. The summed E-state index contributed by atoms with van der Waals surface area (Å²) in [6.07, 6.45) is 3.94. The van der Waals surface area contributed by atoms with Crippen molar-refractivity contribution < 1.29 is 0 Å². The van der Waals surface area contributed by atoms with Gasteiger partial charge in [0.25, 0.3) is 0 Å². The molecule has 1 aliphatic heterocycles.